The molecule has 1 aliphatic rings. The minimum Gasteiger partial charge on any atom is -0.496 e. The van der Waals surface area contributed by atoms with Gasteiger partial charge in [0.25, 0.3) is 0 Å². The molecule has 1 aliphatic heterocycles. The Hall–Kier alpha value is -1.11. The van der Waals surface area contributed by atoms with Crippen molar-refractivity contribution < 1.29 is 13.2 Å². The minimum atomic E-state index is -3.09. The Labute approximate surface area is 133 Å². The lowest BCUT2D eigenvalue weighted by atomic mass is 10.0. The number of hydrogen-bond donors (Lipinski definition) is 1. The van der Waals surface area contributed by atoms with Gasteiger partial charge in [-0.25, -0.2) is 13.1 Å². The standard InChI is InChI=1S/C16H26N2O3S/c1-3-22(19,20)17-10-12-18-11-6-8-15(18)13-14-7-4-5-9-16(14)21-2/h4-5,7,9,15,17H,3,6,8,10-13H2,1-2H3/t15-/m1/s1. The number of methoxy groups -OCH3 is 1. The normalized spacial score (nSPS) is 19.5. The molecule has 1 N–H and O–H groups in total. The summed E-state index contributed by atoms with van der Waals surface area (Å²) in [5, 5.41) is 0. The van der Waals surface area contributed by atoms with Crippen LogP contribution in [0.3, 0.4) is 0 Å². The van der Waals surface area contributed by atoms with E-state index >= 15 is 0 Å². The van der Waals surface area contributed by atoms with Crippen LogP contribution in [-0.4, -0.2) is 51.9 Å². The molecule has 22 heavy (non-hydrogen) atoms. The Morgan fingerprint density at radius 2 is 2.14 bits per heavy atom. The van der Waals surface area contributed by atoms with Gasteiger partial charge in [-0.05, 0) is 44.4 Å². The first kappa shape index (κ1) is 17.2. The molecule has 1 heterocycles. The molecule has 5 nitrogen and oxygen atoms in total. The van der Waals surface area contributed by atoms with Crippen LogP contribution in [0, 0.1) is 0 Å². The zero-order valence-corrected chi connectivity index (χ0v) is 14.2. The second-order valence-electron chi connectivity index (χ2n) is 5.65. The van der Waals surface area contributed by atoms with E-state index in [1.807, 2.05) is 18.2 Å². The summed E-state index contributed by atoms with van der Waals surface area (Å²) in [6.45, 7) is 3.94. The first-order chi connectivity index (χ1) is 10.6. The maximum atomic E-state index is 11.5. The van der Waals surface area contributed by atoms with Crippen molar-refractivity contribution in [2.75, 3.05) is 32.5 Å². The lowest BCUT2D eigenvalue weighted by Crippen LogP contribution is -2.38. The van der Waals surface area contributed by atoms with Crippen molar-refractivity contribution in [1.82, 2.24) is 9.62 Å². The van der Waals surface area contributed by atoms with Crippen molar-refractivity contribution in [2.24, 2.45) is 0 Å². The summed E-state index contributed by atoms with van der Waals surface area (Å²) in [7, 11) is -1.40. The van der Waals surface area contributed by atoms with Gasteiger partial charge in [0.1, 0.15) is 5.75 Å². The van der Waals surface area contributed by atoms with Gasteiger partial charge in [-0.3, -0.25) is 4.90 Å². The van der Waals surface area contributed by atoms with Gasteiger partial charge in [0.2, 0.25) is 10.0 Å². The van der Waals surface area contributed by atoms with Gasteiger partial charge in [-0.1, -0.05) is 18.2 Å². The third-order valence-electron chi connectivity index (χ3n) is 4.25. The van der Waals surface area contributed by atoms with Crippen molar-refractivity contribution >= 4 is 10.0 Å². The molecular formula is C16H26N2O3S. The summed E-state index contributed by atoms with van der Waals surface area (Å²) in [5.74, 6) is 1.07. The number of benzene rings is 1. The smallest absolute Gasteiger partial charge is 0.211 e. The van der Waals surface area contributed by atoms with Crippen LogP contribution in [0.15, 0.2) is 24.3 Å². The van der Waals surface area contributed by atoms with Crippen LogP contribution >= 0.6 is 0 Å². The number of hydrogen-bond acceptors (Lipinski definition) is 4. The molecule has 124 valence electrons. The highest BCUT2D eigenvalue weighted by molar-refractivity contribution is 7.89. The summed E-state index contributed by atoms with van der Waals surface area (Å²) >= 11 is 0. The molecule has 0 unspecified atom stereocenters. The van der Waals surface area contributed by atoms with Crippen LogP contribution in [0.1, 0.15) is 25.3 Å². The Bertz CT molecular complexity index is 575. The lowest BCUT2D eigenvalue weighted by molar-refractivity contribution is 0.255. The molecule has 1 fully saturated rings. The topological polar surface area (TPSA) is 58.6 Å². The fourth-order valence-electron chi connectivity index (χ4n) is 2.99. The van der Waals surface area contributed by atoms with Gasteiger partial charge in [0.15, 0.2) is 0 Å². The maximum Gasteiger partial charge on any atom is 0.211 e. The first-order valence-electron chi connectivity index (χ1n) is 7.89. The van der Waals surface area contributed by atoms with Crippen LogP contribution in [0.25, 0.3) is 0 Å². The van der Waals surface area contributed by atoms with E-state index in [1.54, 1.807) is 14.0 Å². The number of para-hydroxylation sites is 1. The summed E-state index contributed by atoms with van der Waals surface area (Å²) in [5.41, 5.74) is 1.22. The molecule has 2 rings (SSSR count). The van der Waals surface area contributed by atoms with Gasteiger partial charge < -0.3 is 4.74 Å². The summed E-state index contributed by atoms with van der Waals surface area (Å²) < 4.78 is 31.0. The molecule has 0 spiro atoms. The predicted molar refractivity (Wildman–Crippen MR) is 88.8 cm³/mol. The average Bonchev–Trinajstić information content (AvgIpc) is 2.95. The molecule has 1 saturated heterocycles. The second-order valence-corrected chi connectivity index (χ2v) is 7.74. The van der Waals surface area contributed by atoms with Crippen LogP contribution in [0.4, 0.5) is 0 Å². The van der Waals surface area contributed by atoms with Crippen molar-refractivity contribution in [3.63, 3.8) is 0 Å². The number of nitrogens with one attached hydrogen (secondary N) is 1. The van der Waals surface area contributed by atoms with E-state index < -0.39 is 10.0 Å². The van der Waals surface area contributed by atoms with Gasteiger partial charge in [-0.15, -0.1) is 0 Å². The van der Waals surface area contributed by atoms with Crippen LogP contribution in [0.2, 0.25) is 0 Å². The van der Waals surface area contributed by atoms with Crippen molar-refractivity contribution in [1.29, 1.82) is 0 Å². The van der Waals surface area contributed by atoms with Gasteiger partial charge in [0, 0.05) is 19.1 Å². The first-order valence-corrected chi connectivity index (χ1v) is 9.54. The molecule has 0 radical (unpaired) electrons. The Kier molecular flexibility index (Phi) is 6.23. The van der Waals surface area contributed by atoms with Crippen LogP contribution < -0.4 is 9.46 Å². The van der Waals surface area contributed by atoms with E-state index in [1.165, 1.54) is 12.0 Å². The SMILES string of the molecule is CCS(=O)(=O)NCCN1CCC[C@@H]1Cc1ccccc1OC. The zero-order chi connectivity index (χ0) is 16.0. The monoisotopic (exact) mass is 326 g/mol. The number of likely N-dealkylation sites (tertiary alicyclic amines) is 1. The third-order valence-corrected chi connectivity index (χ3v) is 5.65. The van der Waals surface area contributed by atoms with E-state index in [-0.39, 0.29) is 5.75 Å². The van der Waals surface area contributed by atoms with E-state index in [9.17, 15) is 8.42 Å². The van der Waals surface area contributed by atoms with Gasteiger partial charge in [-0.2, -0.15) is 0 Å². The molecule has 0 bridgehead atoms. The van der Waals surface area contributed by atoms with Crippen molar-refractivity contribution in [2.45, 2.75) is 32.2 Å². The Balaban J connectivity index is 1.90. The second kappa shape index (κ2) is 7.94. The predicted octanol–water partition coefficient (Wildman–Crippen LogP) is 1.64. The molecule has 1 aromatic rings. The fourth-order valence-corrected chi connectivity index (χ4v) is 3.60. The Morgan fingerprint density at radius 3 is 2.86 bits per heavy atom. The average molecular weight is 326 g/mol. The quantitative estimate of drug-likeness (QED) is 0.789. The zero-order valence-electron chi connectivity index (χ0n) is 13.4. The number of ether oxygens (including phenoxy) is 1. The number of nitrogens with zero attached hydrogens (tertiary/aromatic N) is 1. The fraction of sp³-hybridized carbons (Fsp3) is 0.625. The molecule has 0 saturated carbocycles. The molecule has 1 aromatic carbocycles. The summed E-state index contributed by atoms with van der Waals surface area (Å²) in [6, 6.07) is 8.57. The summed E-state index contributed by atoms with van der Waals surface area (Å²) in [6.07, 6.45) is 3.27. The highest BCUT2D eigenvalue weighted by Crippen LogP contribution is 2.25. The van der Waals surface area contributed by atoms with Crippen molar-refractivity contribution in [3.8, 4) is 5.75 Å². The van der Waals surface area contributed by atoms with E-state index in [2.05, 4.69) is 15.7 Å². The third kappa shape index (κ3) is 4.69. The van der Waals surface area contributed by atoms with Crippen LogP contribution in [-0.2, 0) is 16.4 Å². The van der Waals surface area contributed by atoms with E-state index in [0.717, 1.165) is 31.7 Å². The maximum absolute atomic E-state index is 11.5. The molecular weight excluding hydrogens is 300 g/mol. The van der Waals surface area contributed by atoms with Gasteiger partial charge >= 0.3 is 0 Å². The summed E-state index contributed by atoms with van der Waals surface area (Å²) in [4.78, 5) is 2.38. The molecule has 0 amide bonds. The molecule has 0 aliphatic carbocycles. The van der Waals surface area contributed by atoms with Crippen molar-refractivity contribution in [3.05, 3.63) is 29.8 Å². The Morgan fingerprint density at radius 1 is 1.36 bits per heavy atom. The lowest BCUT2D eigenvalue weighted by Gasteiger charge is -2.25. The molecule has 6 heteroatoms. The highest BCUT2D eigenvalue weighted by Gasteiger charge is 2.25. The molecule has 0 aromatic heterocycles. The molecule has 1 atom stereocenters. The number of rotatable bonds is 8. The van der Waals surface area contributed by atoms with E-state index in [0.29, 0.717) is 12.6 Å². The highest BCUT2D eigenvalue weighted by atomic mass is 32.2. The minimum absolute atomic E-state index is 0.137. The van der Waals surface area contributed by atoms with Crippen LogP contribution in [0.5, 0.6) is 5.75 Å². The van der Waals surface area contributed by atoms with E-state index in [4.69, 9.17) is 4.74 Å². The van der Waals surface area contributed by atoms with Gasteiger partial charge in [0.05, 0.1) is 12.9 Å². The largest absolute Gasteiger partial charge is 0.496 e. The number of sulfonamides is 1.